The summed E-state index contributed by atoms with van der Waals surface area (Å²) in [6.45, 7) is 1.94. The third-order valence-corrected chi connectivity index (χ3v) is 2.36. The van der Waals surface area contributed by atoms with Gasteiger partial charge in [-0.15, -0.1) is 12.4 Å². The van der Waals surface area contributed by atoms with Crippen molar-refractivity contribution in [2.24, 2.45) is 11.5 Å². The first-order valence-electron chi connectivity index (χ1n) is 3.97. The van der Waals surface area contributed by atoms with Gasteiger partial charge in [-0.25, -0.2) is 4.39 Å². The largest absolute Gasteiger partial charge is 0.329 e. The van der Waals surface area contributed by atoms with Crippen molar-refractivity contribution in [1.82, 2.24) is 0 Å². The van der Waals surface area contributed by atoms with Gasteiger partial charge in [0.1, 0.15) is 5.82 Å². The lowest BCUT2D eigenvalue weighted by Crippen LogP contribution is -2.22. The summed E-state index contributed by atoms with van der Waals surface area (Å²) in [7, 11) is 0. The van der Waals surface area contributed by atoms with Crippen LogP contribution in [0.25, 0.3) is 0 Å². The van der Waals surface area contributed by atoms with Gasteiger partial charge in [0.2, 0.25) is 0 Å². The lowest BCUT2D eigenvalue weighted by molar-refractivity contribution is 0.576. The van der Waals surface area contributed by atoms with E-state index in [1.165, 1.54) is 0 Å². The van der Waals surface area contributed by atoms with Crippen molar-refractivity contribution in [3.05, 3.63) is 33.5 Å². The molecule has 0 aromatic heterocycles. The molecule has 0 radical (unpaired) electrons. The number of rotatable bonds is 2. The molecule has 0 aliphatic heterocycles. The Balaban J connectivity index is 0.00000169. The smallest absolute Gasteiger partial charge is 0.131 e. The average Bonchev–Trinajstić information content (AvgIpc) is 2.10. The molecular formula is C9H13BrClFN2. The third kappa shape index (κ3) is 2.92. The summed E-state index contributed by atoms with van der Waals surface area (Å²) in [5.41, 5.74) is 12.1. The van der Waals surface area contributed by atoms with Crippen LogP contribution in [0.4, 0.5) is 4.39 Å². The predicted molar refractivity (Wildman–Crippen MR) is 62.1 cm³/mol. The molecule has 0 amide bonds. The van der Waals surface area contributed by atoms with Gasteiger partial charge < -0.3 is 11.5 Å². The first-order chi connectivity index (χ1) is 6.06. The van der Waals surface area contributed by atoms with Crippen LogP contribution < -0.4 is 11.5 Å². The molecule has 4 N–H and O–H groups in total. The Bertz CT molecular complexity index is 320. The highest BCUT2D eigenvalue weighted by Crippen LogP contribution is 2.23. The third-order valence-electron chi connectivity index (χ3n) is 1.90. The minimum Gasteiger partial charge on any atom is -0.329 e. The lowest BCUT2D eigenvalue weighted by Gasteiger charge is -2.12. The van der Waals surface area contributed by atoms with Crippen LogP contribution in [0.5, 0.6) is 0 Å². The number of hydrogen-bond acceptors (Lipinski definition) is 2. The summed E-state index contributed by atoms with van der Waals surface area (Å²) < 4.78 is 14.3. The summed E-state index contributed by atoms with van der Waals surface area (Å²) in [6.07, 6.45) is 0. The van der Waals surface area contributed by atoms with E-state index in [-0.39, 0.29) is 24.8 Å². The quantitative estimate of drug-likeness (QED) is 0.875. The van der Waals surface area contributed by atoms with Gasteiger partial charge in [-0.2, -0.15) is 0 Å². The highest BCUT2D eigenvalue weighted by Gasteiger charge is 2.12. The Hall–Kier alpha value is -0.160. The Labute approximate surface area is 97.4 Å². The Kier molecular flexibility index (Phi) is 5.59. The van der Waals surface area contributed by atoms with Crippen molar-refractivity contribution >= 4 is 28.3 Å². The van der Waals surface area contributed by atoms with Crippen molar-refractivity contribution in [2.45, 2.75) is 13.0 Å². The molecule has 14 heavy (non-hydrogen) atoms. The van der Waals surface area contributed by atoms with Crippen LogP contribution >= 0.6 is 28.3 Å². The van der Waals surface area contributed by atoms with Gasteiger partial charge in [-0.1, -0.05) is 15.9 Å². The van der Waals surface area contributed by atoms with E-state index < -0.39 is 6.04 Å². The maximum absolute atomic E-state index is 13.5. The van der Waals surface area contributed by atoms with Crippen LogP contribution in [0.2, 0.25) is 0 Å². The molecular weight excluding hydrogens is 270 g/mol. The van der Waals surface area contributed by atoms with E-state index in [4.69, 9.17) is 11.5 Å². The second kappa shape index (κ2) is 5.66. The fourth-order valence-corrected chi connectivity index (χ4v) is 1.74. The molecule has 2 nitrogen and oxygen atoms in total. The molecule has 0 bridgehead atoms. The fourth-order valence-electron chi connectivity index (χ4n) is 1.15. The molecule has 0 fully saturated rings. The van der Waals surface area contributed by atoms with Crippen molar-refractivity contribution in [1.29, 1.82) is 0 Å². The highest BCUT2D eigenvalue weighted by atomic mass is 79.9. The molecule has 0 saturated heterocycles. The Morgan fingerprint density at radius 1 is 1.50 bits per heavy atom. The van der Waals surface area contributed by atoms with Gasteiger partial charge in [-0.05, 0) is 24.6 Å². The van der Waals surface area contributed by atoms with Crippen LogP contribution in [-0.4, -0.2) is 6.54 Å². The van der Waals surface area contributed by atoms with E-state index in [0.29, 0.717) is 11.1 Å². The summed E-state index contributed by atoms with van der Waals surface area (Å²) in [5.74, 6) is -0.263. The molecule has 1 atom stereocenters. The van der Waals surface area contributed by atoms with Crippen molar-refractivity contribution in [3.8, 4) is 0 Å². The predicted octanol–water partition coefficient (Wildman–Crippen LogP) is 2.28. The summed E-state index contributed by atoms with van der Waals surface area (Å²) in [4.78, 5) is 0. The van der Waals surface area contributed by atoms with E-state index in [1.54, 1.807) is 19.1 Å². The first-order valence-corrected chi connectivity index (χ1v) is 4.76. The summed E-state index contributed by atoms with van der Waals surface area (Å²) >= 11 is 3.28. The van der Waals surface area contributed by atoms with Gasteiger partial charge in [0.05, 0.1) is 0 Å². The molecule has 0 spiro atoms. The van der Waals surface area contributed by atoms with Crippen LogP contribution in [0.15, 0.2) is 16.6 Å². The monoisotopic (exact) mass is 282 g/mol. The minimum atomic E-state index is -0.434. The summed E-state index contributed by atoms with van der Waals surface area (Å²) in [6, 6.07) is 2.94. The molecule has 1 aromatic rings. The lowest BCUT2D eigenvalue weighted by atomic mass is 10.0. The van der Waals surface area contributed by atoms with Crippen molar-refractivity contribution < 1.29 is 4.39 Å². The van der Waals surface area contributed by atoms with Crippen LogP contribution in [0, 0.1) is 12.7 Å². The molecule has 0 heterocycles. The van der Waals surface area contributed by atoms with Crippen molar-refractivity contribution in [3.63, 3.8) is 0 Å². The minimum absolute atomic E-state index is 0. The maximum Gasteiger partial charge on any atom is 0.131 e. The topological polar surface area (TPSA) is 52.0 Å². The van der Waals surface area contributed by atoms with Gasteiger partial charge >= 0.3 is 0 Å². The Morgan fingerprint density at radius 2 is 2.07 bits per heavy atom. The fraction of sp³-hybridized carbons (Fsp3) is 0.333. The highest BCUT2D eigenvalue weighted by molar-refractivity contribution is 9.10. The zero-order valence-electron chi connectivity index (χ0n) is 7.76. The molecule has 0 aliphatic rings. The Morgan fingerprint density at radius 3 is 2.57 bits per heavy atom. The molecule has 0 unspecified atom stereocenters. The van der Waals surface area contributed by atoms with E-state index in [0.717, 1.165) is 4.47 Å². The van der Waals surface area contributed by atoms with Crippen LogP contribution in [-0.2, 0) is 0 Å². The van der Waals surface area contributed by atoms with E-state index in [1.807, 2.05) is 0 Å². The molecule has 80 valence electrons. The average molecular weight is 284 g/mol. The molecule has 0 saturated carbocycles. The van der Waals surface area contributed by atoms with Gasteiger partial charge in [0.25, 0.3) is 0 Å². The van der Waals surface area contributed by atoms with E-state index in [9.17, 15) is 4.39 Å². The molecule has 0 aliphatic carbocycles. The number of benzene rings is 1. The standard InChI is InChI=1S/C9H12BrFN2.ClH/c1-5-2-6(10)3-7(9(5)11)8(13)4-12;/h2-3,8H,4,12-13H2,1H3;1H/t8-;/m1./s1. The van der Waals surface area contributed by atoms with Crippen LogP contribution in [0.3, 0.4) is 0 Å². The number of nitrogens with two attached hydrogens (primary N) is 2. The second-order valence-corrected chi connectivity index (χ2v) is 3.88. The maximum atomic E-state index is 13.5. The van der Waals surface area contributed by atoms with Crippen molar-refractivity contribution in [2.75, 3.05) is 6.54 Å². The van der Waals surface area contributed by atoms with Crippen LogP contribution in [0.1, 0.15) is 17.2 Å². The molecule has 5 heteroatoms. The number of halogens is 3. The van der Waals surface area contributed by atoms with Gasteiger partial charge in [0, 0.05) is 22.6 Å². The van der Waals surface area contributed by atoms with E-state index >= 15 is 0 Å². The molecule has 1 aromatic carbocycles. The zero-order chi connectivity index (χ0) is 10.0. The summed E-state index contributed by atoms with van der Waals surface area (Å²) in [5, 5.41) is 0. The number of aryl methyl sites for hydroxylation is 1. The second-order valence-electron chi connectivity index (χ2n) is 2.97. The molecule has 1 rings (SSSR count). The van der Waals surface area contributed by atoms with Gasteiger partial charge in [-0.3, -0.25) is 0 Å². The zero-order valence-corrected chi connectivity index (χ0v) is 10.2. The SMILES string of the molecule is Cc1cc(Br)cc([C@H](N)CN)c1F.Cl. The van der Waals surface area contributed by atoms with Gasteiger partial charge in [0.15, 0.2) is 0 Å². The first kappa shape index (κ1) is 13.8. The van der Waals surface area contributed by atoms with E-state index in [2.05, 4.69) is 15.9 Å². The number of hydrogen-bond donors (Lipinski definition) is 2. The normalized spacial score (nSPS) is 12.1.